The zero-order valence-corrected chi connectivity index (χ0v) is 22.2. The lowest BCUT2D eigenvalue weighted by atomic mass is 9.83. The van der Waals surface area contributed by atoms with E-state index in [4.69, 9.17) is 4.99 Å². The third-order valence-corrected chi connectivity index (χ3v) is 8.77. The Labute approximate surface area is 224 Å². The quantitative estimate of drug-likeness (QED) is 0.499. The molecule has 2 fully saturated rings. The van der Waals surface area contributed by atoms with E-state index in [2.05, 4.69) is 21.5 Å². The second-order valence-electron chi connectivity index (χ2n) is 10.4. The third kappa shape index (κ3) is 4.75. The summed E-state index contributed by atoms with van der Waals surface area (Å²) < 4.78 is 3.22. The van der Waals surface area contributed by atoms with Crippen molar-refractivity contribution in [3.63, 3.8) is 0 Å². The van der Waals surface area contributed by atoms with Crippen molar-refractivity contribution >= 4 is 39.8 Å². The van der Waals surface area contributed by atoms with E-state index in [0.717, 1.165) is 42.0 Å². The van der Waals surface area contributed by atoms with Crippen molar-refractivity contribution in [2.45, 2.75) is 64.2 Å². The molecule has 3 unspecified atom stereocenters. The molecule has 10 nitrogen and oxygen atoms in total. The van der Waals surface area contributed by atoms with Crippen molar-refractivity contribution in [1.29, 1.82) is 0 Å². The number of aliphatic imine (C=N–C) groups is 1. The lowest BCUT2D eigenvalue weighted by molar-refractivity contribution is -0.135. The summed E-state index contributed by atoms with van der Waals surface area (Å²) in [6, 6.07) is 7.99. The Morgan fingerprint density at radius 3 is 2.95 bits per heavy atom. The lowest BCUT2D eigenvalue weighted by Gasteiger charge is -2.37. The van der Waals surface area contributed by atoms with Gasteiger partial charge in [-0.05, 0) is 25.3 Å². The van der Waals surface area contributed by atoms with Gasteiger partial charge in [0, 0.05) is 18.7 Å². The third-order valence-electron chi connectivity index (χ3n) is 7.66. The molecule has 0 spiro atoms. The van der Waals surface area contributed by atoms with Crippen LogP contribution in [0.4, 0.5) is 0 Å². The lowest BCUT2D eigenvalue weighted by Crippen LogP contribution is -2.51. The van der Waals surface area contributed by atoms with Crippen molar-refractivity contribution in [3.05, 3.63) is 58.3 Å². The highest BCUT2D eigenvalue weighted by atomic mass is 32.2. The SMILES string of the molecule is Cc1cccc(Cn2cnc3c(cnn3CCNC(=O)CC3CSC4=NC5CCCCC5C(=O)N43)c2=O)c1. The van der Waals surface area contributed by atoms with Gasteiger partial charge in [0.2, 0.25) is 11.8 Å². The number of amides is 2. The van der Waals surface area contributed by atoms with E-state index in [1.165, 1.54) is 6.20 Å². The number of fused-ring (bicyclic) bond motifs is 3. The summed E-state index contributed by atoms with van der Waals surface area (Å²) in [5, 5.41) is 8.52. The largest absolute Gasteiger partial charge is 0.354 e. The average molecular weight is 534 g/mol. The number of carbonyl (C=O) groups excluding carboxylic acids is 2. The number of carbonyl (C=O) groups is 2. The van der Waals surface area contributed by atoms with Crippen LogP contribution in [0.1, 0.15) is 43.2 Å². The molecule has 6 rings (SSSR count). The Hall–Kier alpha value is -3.47. The number of aryl methyl sites for hydroxylation is 1. The van der Waals surface area contributed by atoms with Gasteiger partial charge in [0.15, 0.2) is 10.8 Å². The van der Waals surface area contributed by atoms with Crippen LogP contribution in [-0.2, 0) is 22.7 Å². The minimum atomic E-state index is -0.159. The molecule has 2 aromatic heterocycles. The van der Waals surface area contributed by atoms with Crippen LogP contribution in [0.3, 0.4) is 0 Å². The average Bonchev–Trinajstić information content (AvgIpc) is 3.50. The van der Waals surface area contributed by atoms with Gasteiger partial charge in [0.1, 0.15) is 11.7 Å². The molecule has 3 aliphatic rings. The molecule has 2 amide bonds. The first kappa shape index (κ1) is 24.8. The Morgan fingerprint density at radius 2 is 2.08 bits per heavy atom. The maximum Gasteiger partial charge on any atom is 0.264 e. The maximum absolute atomic E-state index is 13.2. The van der Waals surface area contributed by atoms with E-state index in [9.17, 15) is 14.4 Å². The molecule has 0 radical (unpaired) electrons. The summed E-state index contributed by atoms with van der Waals surface area (Å²) in [6.45, 7) is 3.20. The Bertz CT molecular complexity index is 1480. The van der Waals surface area contributed by atoms with Crippen molar-refractivity contribution in [1.82, 2.24) is 29.5 Å². The van der Waals surface area contributed by atoms with Crippen molar-refractivity contribution in [2.24, 2.45) is 10.9 Å². The fourth-order valence-electron chi connectivity index (χ4n) is 5.74. The van der Waals surface area contributed by atoms with Crippen LogP contribution in [0.5, 0.6) is 0 Å². The zero-order chi connectivity index (χ0) is 26.2. The van der Waals surface area contributed by atoms with Crippen molar-refractivity contribution in [3.8, 4) is 0 Å². The molecule has 1 saturated heterocycles. The molecule has 4 heterocycles. The van der Waals surface area contributed by atoms with Gasteiger partial charge >= 0.3 is 0 Å². The number of aromatic nitrogens is 4. The second kappa shape index (κ2) is 10.4. The van der Waals surface area contributed by atoms with Gasteiger partial charge < -0.3 is 5.32 Å². The van der Waals surface area contributed by atoms with Crippen LogP contribution < -0.4 is 10.9 Å². The van der Waals surface area contributed by atoms with Gasteiger partial charge in [-0.1, -0.05) is 54.4 Å². The minimum absolute atomic E-state index is 0.0289. The molecule has 0 bridgehead atoms. The summed E-state index contributed by atoms with van der Waals surface area (Å²) in [4.78, 5) is 50.0. The van der Waals surface area contributed by atoms with Gasteiger partial charge in [-0.3, -0.25) is 28.8 Å². The zero-order valence-electron chi connectivity index (χ0n) is 21.4. The van der Waals surface area contributed by atoms with Crippen molar-refractivity contribution in [2.75, 3.05) is 12.3 Å². The molecular formula is C27H31N7O3S. The van der Waals surface area contributed by atoms with Crippen molar-refractivity contribution < 1.29 is 9.59 Å². The molecule has 2 aliphatic heterocycles. The summed E-state index contributed by atoms with van der Waals surface area (Å²) in [5.41, 5.74) is 2.53. The Morgan fingerprint density at radius 1 is 1.21 bits per heavy atom. The van der Waals surface area contributed by atoms with Gasteiger partial charge in [0.05, 0.1) is 37.3 Å². The summed E-state index contributed by atoms with van der Waals surface area (Å²) >= 11 is 1.58. The van der Waals surface area contributed by atoms with Gasteiger partial charge in [-0.2, -0.15) is 5.10 Å². The molecule has 1 saturated carbocycles. The monoisotopic (exact) mass is 533 g/mol. The Balaban J connectivity index is 1.06. The number of benzene rings is 1. The fourth-order valence-corrected chi connectivity index (χ4v) is 6.93. The van der Waals surface area contributed by atoms with Crippen LogP contribution in [0, 0.1) is 12.8 Å². The summed E-state index contributed by atoms with van der Waals surface area (Å²) in [7, 11) is 0. The van der Waals surface area contributed by atoms with Gasteiger partial charge in [0.25, 0.3) is 5.56 Å². The summed E-state index contributed by atoms with van der Waals surface area (Å²) in [5.74, 6) is 0.698. The first-order valence-corrected chi connectivity index (χ1v) is 14.2. The molecule has 38 heavy (non-hydrogen) atoms. The van der Waals surface area contributed by atoms with Crippen LogP contribution in [0.15, 0.2) is 46.6 Å². The molecule has 1 N–H and O–H groups in total. The van der Waals surface area contributed by atoms with E-state index < -0.39 is 0 Å². The highest BCUT2D eigenvalue weighted by Gasteiger charge is 2.45. The molecular weight excluding hydrogens is 502 g/mol. The summed E-state index contributed by atoms with van der Waals surface area (Å²) in [6.07, 6.45) is 7.41. The number of nitrogens with zero attached hydrogens (tertiary/aromatic N) is 6. The smallest absolute Gasteiger partial charge is 0.264 e. The van der Waals surface area contributed by atoms with Crippen LogP contribution >= 0.6 is 11.8 Å². The number of amidine groups is 1. The number of hydrogen-bond donors (Lipinski definition) is 1. The number of nitrogens with one attached hydrogen (secondary N) is 1. The standard InChI is InChI=1S/C27H31N7O3S/c1-17-5-4-6-18(11-17)14-32-16-29-24-21(25(32)36)13-30-33(24)10-9-28-23(35)12-19-15-38-27-31-22-8-3-2-7-20(22)26(37)34(19)27/h4-6,11,13,16,19-20,22H,2-3,7-10,12,14-15H2,1H3,(H,28,35). The normalized spacial score (nSPS) is 22.8. The first-order chi connectivity index (χ1) is 18.5. The first-order valence-electron chi connectivity index (χ1n) is 13.2. The van der Waals surface area contributed by atoms with Gasteiger partial charge in [-0.15, -0.1) is 0 Å². The van der Waals surface area contributed by atoms with Crippen LogP contribution in [0.2, 0.25) is 0 Å². The topological polar surface area (TPSA) is 114 Å². The molecule has 3 atom stereocenters. The molecule has 3 aromatic rings. The van der Waals surface area contributed by atoms with E-state index >= 15 is 0 Å². The number of rotatable bonds is 7. The maximum atomic E-state index is 13.2. The predicted octanol–water partition coefficient (Wildman–Crippen LogP) is 2.33. The van der Waals surface area contributed by atoms with E-state index in [1.54, 1.807) is 32.2 Å². The predicted molar refractivity (Wildman–Crippen MR) is 146 cm³/mol. The van der Waals surface area contributed by atoms with Crippen LogP contribution in [0.25, 0.3) is 11.0 Å². The number of thioether (sulfide) groups is 1. The van der Waals surface area contributed by atoms with E-state index in [0.29, 0.717) is 36.4 Å². The highest BCUT2D eigenvalue weighted by Crippen LogP contribution is 2.38. The fraction of sp³-hybridized carbons (Fsp3) is 0.481. The highest BCUT2D eigenvalue weighted by molar-refractivity contribution is 8.14. The number of hydrogen-bond acceptors (Lipinski definition) is 7. The second-order valence-corrected chi connectivity index (χ2v) is 11.4. The van der Waals surface area contributed by atoms with E-state index in [1.807, 2.05) is 25.1 Å². The molecule has 1 aromatic carbocycles. The molecule has 1 aliphatic carbocycles. The van der Waals surface area contributed by atoms with Crippen LogP contribution in [-0.4, -0.2) is 65.6 Å². The Kier molecular flexibility index (Phi) is 6.77. The van der Waals surface area contributed by atoms with Gasteiger partial charge in [-0.25, -0.2) is 9.67 Å². The minimum Gasteiger partial charge on any atom is -0.354 e. The van der Waals surface area contributed by atoms with E-state index in [-0.39, 0.29) is 41.8 Å². The molecule has 198 valence electrons. The molecule has 11 heteroatoms.